The highest BCUT2D eigenvalue weighted by molar-refractivity contribution is 6.18. The van der Waals surface area contributed by atoms with E-state index >= 15 is 0 Å². The Kier molecular flexibility index (Phi) is 2.85. The number of carbonyl (C=O) groups excluding carboxylic acids is 1. The molecule has 0 aromatic carbocycles. The summed E-state index contributed by atoms with van der Waals surface area (Å²) in [5, 5.41) is 9.40. The molecular weight excluding hydrogens is 103 g/mol. The number of carbonyl (C=O) groups is 1. The smallest absolute Gasteiger partial charge is 0.247 e. The monoisotopic (exact) mass is 107 g/mol. The summed E-state index contributed by atoms with van der Waals surface area (Å²) in [5.41, 5.74) is 0. The van der Waals surface area contributed by atoms with E-state index < -0.39 is 5.97 Å². The zero-order chi connectivity index (χ0) is 4.99. The van der Waals surface area contributed by atoms with Gasteiger partial charge < -0.3 is 0 Å². The SMILES string of the molecule is [O]C(=O)CCCl. The largest absolute Gasteiger partial charge is 0.356 e. The quantitative estimate of drug-likeness (QED) is 0.476. The summed E-state index contributed by atoms with van der Waals surface area (Å²) in [5.74, 6) is -0.951. The van der Waals surface area contributed by atoms with Crippen molar-refractivity contribution in [3.05, 3.63) is 0 Å². The second-order valence-electron chi connectivity index (χ2n) is 0.811. The second kappa shape index (κ2) is 2.97. The Labute approximate surface area is 40.7 Å². The molecule has 0 aromatic heterocycles. The van der Waals surface area contributed by atoms with Crippen molar-refractivity contribution in [2.45, 2.75) is 6.42 Å². The molecule has 3 heteroatoms. The van der Waals surface area contributed by atoms with Crippen LogP contribution in [0.15, 0.2) is 0 Å². The van der Waals surface area contributed by atoms with Gasteiger partial charge >= 0.3 is 5.97 Å². The van der Waals surface area contributed by atoms with E-state index in [1.165, 1.54) is 0 Å². The van der Waals surface area contributed by atoms with Gasteiger partial charge in [-0.1, -0.05) is 0 Å². The number of hydrogen-bond donors (Lipinski definition) is 0. The molecule has 0 atom stereocenters. The fraction of sp³-hybridized carbons (Fsp3) is 0.667. The molecule has 0 N–H and O–H groups in total. The molecule has 35 valence electrons. The molecule has 2 nitrogen and oxygen atoms in total. The van der Waals surface area contributed by atoms with Gasteiger partial charge in [0, 0.05) is 5.88 Å². The molecule has 0 rings (SSSR count). The molecule has 6 heavy (non-hydrogen) atoms. The minimum Gasteiger partial charge on any atom is -0.247 e. The van der Waals surface area contributed by atoms with E-state index in [1.807, 2.05) is 0 Å². The van der Waals surface area contributed by atoms with Gasteiger partial charge in [0.2, 0.25) is 0 Å². The number of rotatable bonds is 2. The van der Waals surface area contributed by atoms with Crippen LogP contribution in [0, 0.1) is 0 Å². The van der Waals surface area contributed by atoms with Crippen LogP contribution >= 0.6 is 11.6 Å². The van der Waals surface area contributed by atoms with Gasteiger partial charge in [-0.25, -0.2) is 9.90 Å². The van der Waals surface area contributed by atoms with Crippen LogP contribution in [0.1, 0.15) is 6.42 Å². The van der Waals surface area contributed by atoms with Crippen molar-refractivity contribution < 1.29 is 9.90 Å². The molecule has 0 aliphatic carbocycles. The van der Waals surface area contributed by atoms with Crippen LogP contribution in [0.2, 0.25) is 0 Å². The lowest BCUT2D eigenvalue weighted by molar-refractivity contribution is -0.142. The lowest BCUT2D eigenvalue weighted by Gasteiger charge is -1.73. The van der Waals surface area contributed by atoms with Gasteiger partial charge in [0.05, 0.1) is 6.42 Å². The van der Waals surface area contributed by atoms with E-state index in [4.69, 9.17) is 11.6 Å². The van der Waals surface area contributed by atoms with Crippen LogP contribution in [-0.2, 0) is 9.90 Å². The van der Waals surface area contributed by atoms with Crippen LogP contribution in [0.4, 0.5) is 0 Å². The average molecular weight is 108 g/mol. The molecule has 0 heterocycles. The Morgan fingerprint density at radius 3 is 2.17 bits per heavy atom. The Balaban J connectivity index is 2.83. The van der Waals surface area contributed by atoms with Crippen molar-refractivity contribution in [2.75, 3.05) is 5.88 Å². The first-order valence-electron chi connectivity index (χ1n) is 1.53. The third-order valence-corrected chi connectivity index (χ3v) is 0.488. The van der Waals surface area contributed by atoms with Crippen molar-refractivity contribution in [3.63, 3.8) is 0 Å². The Morgan fingerprint density at radius 1 is 1.67 bits per heavy atom. The molecule has 1 radical (unpaired) electrons. The van der Waals surface area contributed by atoms with Gasteiger partial charge in [-0.05, 0) is 0 Å². The molecule has 0 fully saturated rings. The first-order chi connectivity index (χ1) is 2.77. The van der Waals surface area contributed by atoms with Crippen molar-refractivity contribution in [1.82, 2.24) is 0 Å². The second-order valence-corrected chi connectivity index (χ2v) is 1.19. The molecule has 0 aliphatic heterocycles. The summed E-state index contributed by atoms with van der Waals surface area (Å²) < 4.78 is 0. The van der Waals surface area contributed by atoms with E-state index in [1.54, 1.807) is 0 Å². The van der Waals surface area contributed by atoms with Crippen molar-refractivity contribution in [2.24, 2.45) is 0 Å². The zero-order valence-corrected chi connectivity index (χ0v) is 3.86. The van der Waals surface area contributed by atoms with Gasteiger partial charge in [0.25, 0.3) is 0 Å². The van der Waals surface area contributed by atoms with Gasteiger partial charge in [-0.2, -0.15) is 0 Å². The highest BCUT2D eigenvalue weighted by Gasteiger charge is 1.92. The average Bonchev–Trinajstić information content (AvgIpc) is 1.35. The van der Waals surface area contributed by atoms with Crippen LogP contribution in [0.5, 0.6) is 0 Å². The summed E-state index contributed by atoms with van der Waals surface area (Å²) in [6.45, 7) is 0. The van der Waals surface area contributed by atoms with E-state index in [0.717, 1.165) is 0 Å². The molecule has 0 amide bonds. The number of halogens is 1. The molecule has 0 unspecified atom stereocenters. The summed E-state index contributed by atoms with van der Waals surface area (Å²) in [6, 6.07) is 0. The maximum atomic E-state index is 9.40. The third kappa shape index (κ3) is 3.76. The summed E-state index contributed by atoms with van der Waals surface area (Å²) in [4.78, 5) is 9.40. The fourth-order valence-electron chi connectivity index (χ4n) is 0.0772. The number of hydrogen-bond acceptors (Lipinski definition) is 1. The van der Waals surface area contributed by atoms with Gasteiger partial charge in [-0.3, -0.25) is 0 Å². The van der Waals surface area contributed by atoms with Crippen LogP contribution < -0.4 is 0 Å². The third-order valence-electron chi connectivity index (χ3n) is 0.299. The minimum atomic E-state index is -1.09. The normalized spacial score (nSPS) is 8.17. The molecule has 0 saturated heterocycles. The molecular formula is C3H4ClO2. The summed E-state index contributed by atoms with van der Waals surface area (Å²) in [6.07, 6.45) is -0.0540. The van der Waals surface area contributed by atoms with Gasteiger partial charge in [0.15, 0.2) is 0 Å². The van der Waals surface area contributed by atoms with Crippen LogP contribution in [0.25, 0.3) is 0 Å². The highest BCUT2D eigenvalue weighted by atomic mass is 35.5. The van der Waals surface area contributed by atoms with Gasteiger partial charge in [-0.15, -0.1) is 11.6 Å². The van der Waals surface area contributed by atoms with Gasteiger partial charge in [0.1, 0.15) is 0 Å². The van der Waals surface area contributed by atoms with Crippen molar-refractivity contribution >= 4 is 17.6 Å². The Hall–Kier alpha value is -0.240. The minimum absolute atomic E-state index is 0.0540. The van der Waals surface area contributed by atoms with E-state index in [0.29, 0.717) is 0 Å². The lowest BCUT2D eigenvalue weighted by Crippen LogP contribution is -1.90. The molecule has 0 bridgehead atoms. The maximum absolute atomic E-state index is 9.40. The Morgan fingerprint density at radius 2 is 2.17 bits per heavy atom. The fourth-order valence-corrected chi connectivity index (χ4v) is 0.231. The number of alkyl halides is 1. The standard InChI is InChI=1S/C3H4ClO2/c4-2-1-3(5)6/h1-2H2. The first-order valence-corrected chi connectivity index (χ1v) is 2.06. The van der Waals surface area contributed by atoms with Crippen molar-refractivity contribution in [3.8, 4) is 0 Å². The predicted molar refractivity (Wildman–Crippen MR) is 21.0 cm³/mol. The first kappa shape index (κ1) is 5.76. The molecule has 0 spiro atoms. The van der Waals surface area contributed by atoms with E-state index in [2.05, 4.69) is 0 Å². The topological polar surface area (TPSA) is 37.0 Å². The maximum Gasteiger partial charge on any atom is 0.356 e. The van der Waals surface area contributed by atoms with E-state index in [9.17, 15) is 9.90 Å². The summed E-state index contributed by atoms with van der Waals surface area (Å²) >= 11 is 4.98. The Bertz CT molecular complexity index is 52.8. The highest BCUT2D eigenvalue weighted by Crippen LogP contribution is 1.81. The molecule has 0 aromatic rings. The van der Waals surface area contributed by atoms with Crippen LogP contribution in [0.3, 0.4) is 0 Å². The molecule has 0 aliphatic rings. The predicted octanol–water partition coefficient (Wildman–Crippen LogP) is 0.572. The van der Waals surface area contributed by atoms with Crippen molar-refractivity contribution in [1.29, 1.82) is 0 Å². The lowest BCUT2D eigenvalue weighted by atomic mass is 10.5. The van der Waals surface area contributed by atoms with Crippen LogP contribution in [-0.4, -0.2) is 11.8 Å². The zero-order valence-electron chi connectivity index (χ0n) is 3.11. The van der Waals surface area contributed by atoms with E-state index in [-0.39, 0.29) is 12.3 Å². The summed E-state index contributed by atoms with van der Waals surface area (Å²) in [7, 11) is 0. The molecule has 0 saturated carbocycles.